The third kappa shape index (κ3) is 3.11. The lowest BCUT2D eigenvalue weighted by molar-refractivity contribution is 0.648. The van der Waals surface area contributed by atoms with Crippen molar-refractivity contribution in [1.82, 2.24) is 5.32 Å². The van der Waals surface area contributed by atoms with E-state index in [1.807, 2.05) is 24.3 Å². The summed E-state index contributed by atoms with van der Waals surface area (Å²) in [6.45, 7) is 0. The van der Waals surface area contributed by atoms with Gasteiger partial charge in [0.15, 0.2) is 5.11 Å². The molecule has 2 aromatic rings. The molecule has 1 aliphatic carbocycles. The van der Waals surface area contributed by atoms with Crippen molar-refractivity contribution in [3.63, 3.8) is 0 Å². The van der Waals surface area contributed by atoms with E-state index in [1.165, 1.54) is 11.1 Å². The van der Waals surface area contributed by atoms with Crippen LogP contribution in [0.15, 0.2) is 48.5 Å². The number of hydrogen-bond donors (Lipinski definition) is 2. The van der Waals surface area contributed by atoms with E-state index in [1.54, 1.807) is 0 Å². The van der Waals surface area contributed by atoms with Gasteiger partial charge >= 0.3 is 0 Å². The molecule has 0 heterocycles. The van der Waals surface area contributed by atoms with Crippen molar-refractivity contribution in [2.45, 2.75) is 18.9 Å². The van der Waals surface area contributed by atoms with Crippen molar-refractivity contribution in [1.29, 1.82) is 0 Å². The van der Waals surface area contributed by atoms with Gasteiger partial charge in [-0.15, -0.1) is 0 Å². The molecule has 0 aliphatic heterocycles. The Labute approximate surface area is 129 Å². The molecule has 0 saturated heterocycles. The Morgan fingerprint density at radius 2 is 1.75 bits per heavy atom. The van der Waals surface area contributed by atoms with Gasteiger partial charge in [0, 0.05) is 16.8 Å². The molecule has 0 unspecified atom stereocenters. The predicted octanol–water partition coefficient (Wildman–Crippen LogP) is 3.79. The van der Waals surface area contributed by atoms with Crippen LogP contribution in [-0.2, 0) is 12.8 Å². The van der Waals surface area contributed by atoms with Gasteiger partial charge in [0.25, 0.3) is 0 Å². The van der Waals surface area contributed by atoms with Gasteiger partial charge in [-0.25, -0.2) is 0 Å². The summed E-state index contributed by atoms with van der Waals surface area (Å²) >= 11 is 11.3. The number of fused-ring (bicyclic) bond motifs is 1. The summed E-state index contributed by atoms with van der Waals surface area (Å²) in [6.07, 6.45) is 2.04. The van der Waals surface area contributed by atoms with Crippen LogP contribution in [0, 0.1) is 0 Å². The Kier molecular flexibility index (Phi) is 3.90. The molecule has 20 heavy (non-hydrogen) atoms. The normalized spacial score (nSPS) is 13.8. The third-order valence-electron chi connectivity index (χ3n) is 3.47. The van der Waals surface area contributed by atoms with Crippen LogP contribution in [0.25, 0.3) is 0 Å². The Balaban J connectivity index is 1.58. The van der Waals surface area contributed by atoms with E-state index < -0.39 is 0 Å². The monoisotopic (exact) mass is 302 g/mol. The first-order valence-corrected chi connectivity index (χ1v) is 7.39. The summed E-state index contributed by atoms with van der Waals surface area (Å²) in [5.41, 5.74) is 3.73. The second-order valence-electron chi connectivity index (χ2n) is 4.98. The van der Waals surface area contributed by atoms with Crippen molar-refractivity contribution in [2.75, 3.05) is 5.32 Å². The smallest absolute Gasteiger partial charge is 0.171 e. The summed E-state index contributed by atoms with van der Waals surface area (Å²) < 4.78 is 0. The highest BCUT2D eigenvalue weighted by atomic mass is 35.5. The van der Waals surface area contributed by atoms with Crippen molar-refractivity contribution < 1.29 is 0 Å². The van der Waals surface area contributed by atoms with Gasteiger partial charge in [0.1, 0.15) is 0 Å². The average molecular weight is 303 g/mol. The molecule has 0 fully saturated rings. The quantitative estimate of drug-likeness (QED) is 0.825. The van der Waals surface area contributed by atoms with Crippen LogP contribution in [0.5, 0.6) is 0 Å². The molecule has 1 aliphatic rings. The summed E-state index contributed by atoms with van der Waals surface area (Å²) in [4.78, 5) is 0. The van der Waals surface area contributed by atoms with Gasteiger partial charge < -0.3 is 10.6 Å². The van der Waals surface area contributed by atoms with Crippen LogP contribution in [0.4, 0.5) is 5.69 Å². The van der Waals surface area contributed by atoms with E-state index >= 15 is 0 Å². The number of anilines is 1. The molecular weight excluding hydrogens is 288 g/mol. The molecule has 0 atom stereocenters. The lowest BCUT2D eigenvalue weighted by atomic mass is 10.1. The third-order valence-corrected chi connectivity index (χ3v) is 3.92. The van der Waals surface area contributed by atoms with Gasteiger partial charge in [-0.3, -0.25) is 0 Å². The van der Waals surface area contributed by atoms with Crippen molar-refractivity contribution in [3.05, 3.63) is 64.7 Å². The highest BCUT2D eigenvalue weighted by Gasteiger charge is 2.21. The number of benzene rings is 2. The molecule has 0 bridgehead atoms. The average Bonchev–Trinajstić information content (AvgIpc) is 2.80. The van der Waals surface area contributed by atoms with Gasteiger partial charge in [-0.05, 0) is 54.4 Å². The predicted molar refractivity (Wildman–Crippen MR) is 88.4 cm³/mol. The molecule has 0 amide bonds. The van der Waals surface area contributed by atoms with E-state index in [4.69, 9.17) is 23.8 Å². The molecule has 3 rings (SSSR count). The zero-order valence-corrected chi connectivity index (χ0v) is 12.5. The topological polar surface area (TPSA) is 24.1 Å². The molecule has 4 heteroatoms. The molecule has 102 valence electrons. The van der Waals surface area contributed by atoms with Crippen LogP contribution < -0.4 is 10.6 Å². The van der Waals surface area contributed by atoms with Gasteiger partial charge in [-0.1, -0.05) is 41.9 Å². The maximum Gasteiger partial charge on any atom is 0.171 e. The SMILES string of the molecule is S=C(Nc1cccc(Cl)c1)NC1Cc2ccccc2C1. The van der Waals surface area contributed by atoms with Crippen LogP contribution in [-0.4, -0.2) is 11.2 Å². The number of nitrogens with one attached hydrogen (secondary N) is 2. The van der Waals surface area contributed by atoms with Crippen LogP contribution >= 0.6 is 23.8 Å². The zero-order chi connectivity index (χ0) is 13.9. The highest BCUT2D eigenvalue weighted by Crippen LogP contribution is 2.22. The van der Waals surface area contributed by atoms with E-state index in [0.29, 0.717) is 16.2 Å². The minimum absolute atomic E-state index is 0.367. The lowest BCUT2D eigenvalue weighted by Gasteiger charge is -2.16. The highest BCUT2D eigenvalue weighted by molar-refractivity contribution is 7.80. The minimum Gasteiger partial charge on any atom is -0.359 e. The van der Waals surface area contributed by atoms with E-state index in [2.05, 4.69) is 34.9 Å². The molecular formula is C16H15ClN2S. The fourth-order valence-electron chi connectivity index (χ4n) is 2.58. The second kappa shape index (κ2) is 5.81. The summed E-state index contributed by atoms with van der Waals surface area (Å²) in [5.74, 6) is 0. The van der Waals surface area contributed by atoms with E-state index in [0.717, 1.165) is 18.5 Å². The molecule has 0 saturated carbocycles. The Morgan fingerprint density at radius 3 is 2.40 bits per heavy atom. The second-order valence-corrected chi connectivity index (χ2v) is 5.83. The minimum atomic E-state index is 0.367. The maximum atomic E-state index is 5.96. The molecule has 2 N–H and O–H groups in total. The van der Waals surface area contributed by atoms with Crippen molar-refractivity contribution in [3.8, 4) is 0 Å². The standard InChI is InChI=1S/C16H15ClN2S/c17-13-6-3-7-14(10-13)18-16(20)19-15-8-11-4-1-2-5-12(11)9-15/h1-7,10,15H,8-9H2,(H2,18,19,20). The number of rotatable bonds is 2. The van der Waals surface area contributed by atoms with Crippen LogP contribution in [0.3, 0.4) is 0 Å². The van der Waals surface area contributed by atoms with Crippen LogP contribution in [0.1, 0.15) is 11.1 Å². The largest absolute Gasteiger partial charge is 0.359 e. The van der Waals surface area contributed by atoms with E-state index in [9.17, 15) is 0 Å². The molecule has 0 radical (unpaired) electrons. The molecule has 2 nitrogen and oxygen atoms in total. The first-order valence-electron chi connectivity index (χ1n) is 6.60. The lowest BCUT2D eigenvalue weighted by Crippen LogP contribution is -2.38. The summed E-state index contributed by atoms with van der Waals surface area (Å²) in [5, 5.41) is 7.89. The first-order chi connectivity index (χ1) is 9.70. The Morgan fingerprint density at radius 1 is 1.05 bits per heavy atom. The fourth-order valence-corrected chi connectivity index (χ4v) is 3.05. The summed E-state index contributed by atoms with van der Waals surface area (Å²) in [7, 11) is 0. The van der Waals surface area contributed by atoms with Gasteiger partial charge in [-0.2, -0.15) is 0 Å². The molecule has 2 aromatic carbocycles. The molecule has 0 aromatic heterocycles. The maximum absolute atomic E-state index is 5.96. The Hall–Kier alpha value is -1.58. The van der Waals surface area contributed by atoms with Crippen molar-refractivity contribution >= 4 is 34.6 Å². The van der Waals surface area contributed by atoms with Gasteiger partial charge in [0.05, 0.1) is 0 Å². The number of thiocarbonyl (C=S) groups is 1. The first kappa shape index (κ1) is 13.4. The van der Waals surface area contributed by atoms with Crippen LogP contribution in [0.2, 0.25) is 5.02 Å². The van der Waals surface area contributed by atoms with E-state index in [-0.39, 0.29) is 0 Å². The van der Waals surface area contributed by atoms with Crippen molar-refractivity contribution in [2.24, 2.45) is 0 Å². The number of hydrogen-bond acceptors (Lipinski definition) is 1. The number of halogens is 1. The molecule has 0 spiro atoms. The fraction of sp³-hybridized carbons (Fsp3) is 0.188. The zero-order valence-electron chi connectivity index (χ0n) is 10.9. The van der Waals surface area contributed by atoms with Gasteiger partial charge in [0.2, 0.25) is 0 Å². The Bertz CT molecular complexity index is 617. The summed E-state index contributed by atoms with van der Waals surface area (Å²) in [6, 6.07) is 16.5.